The van der Waals surface area contributed by atoms with E-state index in [1.807, 2.05) is 35.9 Å². The van der Waals surface area contributed by atoms with Crippen molar-refractivity contribution in [1.29, 1.82) is 0 Å². The molecule has 0 spiro atoms. The van der Waals surface area contributed by atoms with Crippen LogP contribution < -0.4 is 19.7 Å². The van der Waals surface area contributed by atoms with Crippen molar-refractivity contribution in [3.05, 3.63) is 36.4 Å². The Bertz CT molecular complexity index is 995. The third-order valence-corrected chi connectivity index (χ3v) is 4.25. The Morgan fingerprint density at radius 3 is 2.63 bits per heavy atom. The largest absolute Gasteiger partial charge is 0.494 e. The minimum Gasteiger partial charge on any atom is -0.494 e. The number of aryl methyl sites for hydroxylation is 1. The van der Waals surface area contributed by atoms with Crippen LogP contribution in [0.5, 0.6) is 11.8 Å². The maximum absolute atomic E-state index is 9.67. The Morgan fingerprint density at radius 1 is 1.20 bits per heavy atom. The van der Waals surface area contributed by atoms with Crippen molar-refractivity contribution in [3.63, 3.8) is 0 Å². The summed E-state index contributed by atoms with van der Waals surface area (Å²) in [6.45, 7) is 1.71. The first kappa shape index (κ1) is 21.3. The summed E-state index contributed by atoms with van der Waals surface area (Å²) in [5, 5.41) is 21.8. The van der Waals surface area contributed by atoms with E-state index >= 15 is 0 Å². The first-order valence-corrected chi connectivity index (χ1v) is 9.19. The van der Waals surface area contributed by atoms with E-state index in [9.17, 15) is 5.11 Å². The van der Waals surface area contributed by atoms with Crippen molar-refractivity contribution in [2.45, 2.75) is 13.0 Å². The molecule has 1 aromatic carbocycles. The molecule has 11 nitrogen and oxygen atoms in total. The second-order valence-electron chi connectivity index (χ2n) is 6.60. The predicted molar refractivity (Wildman–Crippen MR) is 111 cm³/mol. The van der Waals surface area contributed by atoms with E-state index in [0.29, 0.717) is 11.4 Å². The van der Waals surface area contributed by atoms with Crippen molar-refractivity contribution >= 4 is 17.6 Å². The molecule has 11 heteroatoms. The molecule has 160 valence electrons. The lowest BCUT2D eigenvalue weighted by Gasteiger charge is -2.20. The molecule has 0 bridgehead atoms. The van der Waals surface area contributed by atoms with Gasteiger partial charge >= 0.3 is 6.01 Å². The highest BCUT2D eigenvalue weighted by Crippen LogP contribution is 2.28. The molecule has 3 aromatic rings. The van der Waals surface area contributed by atoms with Crippen LogP contribution >= 0.6 is 0 Å². The predicted octanol–water partition coefficient (Wildman–Crippen LogP) is 0.916. The number of hydrogen-bond donors (Lipinski definition) is 3. The first-order chi connectivity index (χ1) is 14.4. The molecule has 1 atom stereocenters. The molecule has 0 aliphatic heterocycles. The monoisotopic (exact) mass is 415 g/mol. The third-order valence-electron chi connectivity index (χ3n) is 4.25. The number of nitrogens with zero attached hydrogens (tertiary/aromatic N) is 6. The number of ether oxygens (including phenoxy) is 2. The van der Waals surface area contributed by atoms with Crippen molar-refractivity contribution in [2.75, 3.05) is 44.6 Å². The van der Waals surface area contributed by atoms with Gasteiger partial charge in [0.25, 0.3) is 0 Å². The maximum atomic E-state index is 9.67. The van der Waals surface area contributed by atoms with Gasteiger partial charge in [0.05, 0.1) is 44.6 Å². The van der Waals surface area contributed by atoms with Crippen LogP contribution in [-0.2, 0) is 0 Å². The van der Waals surface area contributed by atoms with Gasteiger partial charge in [0.1, 0.15) is 5.75 Å². The zero-order chi connectivity index (χ0) is 21.7. The number of hydrogen-bond acceptors (Lipinski definition) is 10. The number of aromatic nitrogens is 5. The lowest BCUT2D eigenvalue weighted by molar-refractivity contribution is 0.101. The summed E-state index contributed by atoms with van der Waals surface area (Å²) in [7, 11) is 4.75. The van der Waals surface area contributed by atoms with Gasteiger partial charge in [-0.25, -0.2) is 4.98 Å². The Hall–Kier alpha value is -3.44. The van der Waals surface area contributed by atoms with Crippen LogP contribution in [0.25, 0.3) is 5.69 Å². The second-order valence-corrected chi connectivity index (χ2v) is 6.60. The number of benzene rings is 1. The summed E-state index contributed by atoms with van der Waals surface area (Å²) in [5.41, 5.74) is 2.44. The zero-order valence-corrected chi connectivity index (χ0v) is 17.3. The van der Waals surface area contributed by atoms with E-state index < -0.39 is 6.10 Å². The van der Waals surface area contributed by atoms with Gasteiger partial charge in [0.2, 0.25) is 11.9 Å². The van der Waals surface area contributed by atoms with Crippen LogP contribution in [0, 0.1) is 6.92 Å². The SMILES string of the molecule is COc1nc(Nc2ccc(-n3cnc(C)c3)c(OC)c2)nc(N(C)CC(O)CO)n1. The third kappa shape index (κ3) is 4.93. The van der Waals surface area contributed by atoms with Gasteiger partial charge < -0.3 is 34.5 Å². The Kier molecular flexibility index (Phi) is 6.65. The summed E-state index contributed by atoms with van der Waals surface area (Å²) in [5.74, 6) is 1.19. The minimum absolute atomic E-state index is 0.116. The van der Waals surface area contributed by atoms with Crippen LogP contribution in [0.1, 0.15) is 5.69 Å². The van der Waals surface area contributed by atoms with Crippen LogP contribution in [0.4, 0.5) is 17.6 Å². The number of likely N-dealkylation sites (N-methyl/N-ethyl adjacent to an activating group) is 1. The molecule has 0 amide bonds. The normalized spacial score (nSPS) is 11.8. The van der Waals surface area contributed by atoms with Crippen LogP contribution in [0.3, 0.4) is 0 Å². The number of aliphatic hydroxyl groups excluding tert-OH is 2. The van der Waals surface area contributed by atoms with Crippen LogP contribution in [0.2, 0.25) is 0 Å². The molecule has 2 heterocycles. The number of nitrogens with one attached hydrogen (secondary N) is 1. The molecular weight excluding hydrogens is 390 g/mol. The average molecular weight is 415 g/mol. The maximum Gasteiger partial charge on any atom is 0.322 e. The van der Waals surface area contributed by atoms with E-state index in [1.165, 1.54) is 7.11 Å². The molecule has 2 aromatic heterocycles. The number of rotatable bonds is 9. The highest BCUT2D eigenvalue weighted by molar-refractivity contribution is 5.62. The number of aliphatic hydroxyl groups is 2. The number of methoxy groups -OCH3 is 2. The molecule has 0 aliphatic rings. The molecule has 0 saturated carbocycles. The Balaban J connectivity index is 1.87. The minimum atomic E-state index is -0.919. The summed E-state index contributed by atoms with van der Waals surface area (Å²) in [6, 6.07) is 5.69. The van der Waals surface area contributed by atoms with Crippen molar-refractivity contribution < 1.29 is 19.7 Å². The Labute approximate surface area is 174 Å². The van der Waals surface area contributed by atoms with Gasteiger partial charge in [-0.3, -0.25) is 0 Å². The van der Waals surface area contributed by atoms with Gasteiger partial charge in [0.15, 0.2) is 0 Å². The van der Waals surface area contributed by atoms with Crippen molar-refractivity contribution in [2.24, 2.45) is 0 Å². The zero-order valence-electron chi connectivity index (χ0n) is 17.3. The lowest BCUT2D eigenvalue weighted by Crippen LogP contribution is -2.32. The van der Waals surface area contributed by atoms with Crippen LogP contribution in [0.15, 0.2) is 30.7 Å². The number of anilines is 3. The molecule has 0 aliphatic carbocycles. The van der Waals surface area contributed by atoms with E-state index in [2.05, 4.69) is 25.3 Å². The summed E-state index contributed by atoms with van der Waals surface area (Å²) in [6.07, 6.45) is 2.71. The topological polar surface area (TPSA) is 131 Å². The Morgan fingerprint density at radius 2 is 2.00 bits per heavy atom. The van der Waals surface area contributed by atoms with Gasteiger partial charge in [-0.1, -0.05) is 0 Å². The first-order valence-electron chi connectivity index (χ1n) is 9.19. The van der Waals surface area contributed by atoms with Crippen LogP contribution in [-0.4, -0.2) is 75.2 Å². The van der Waals surface area contributed by atoms with E-state index in [-0.39, 0.29) is 31.1 Å². The standard InChI is InChI=1S/C19H25N7O4/c1-12-8-26(11-20-12)15-6-5-13(7-16(15)29-3)21-17-22-18(24-19(23-17)30-4)25(2)9-14(28)10-27/h5-8,11,14,27-28H,9-10H2,1-4H3,(H,21,22,23,24). The van der Waals surface area contributed by atoms with E-state index in [0.717, 1.165) is 11.4 Å². The molecule has 3 rings (SSSR count). The van der Waals surface area contributed by atoms with Crippen molar-refractivity contribution in [3.8, 4) is 17.4 Å². The smallest absolute Gasteiger partial charge is 0.322 e. The van der Waals surface area contributed by atoms with E-state index in [4.69, 9.17) is 14.6 Å². The van der Waals surface area contributed by atoms with Crippen molar-refractivity contribution in [1.82, 2.24) is 24.5 Å². The molecule has 0 fully saturated rings. The fourth-order valence-corrected chi connectivity index (χ4v) is 2.77. The highest BCUT2D eigenvalue weighted by atomic mass is 16.5. The molecule has 3 N–H and O–H groups in total. The van der Waals surface area contributed by atoms with E-state index in [1.54, 1.807) is 25.4 Å². The van der Waals surface area contributed by atoms with Gasteiger partial charge in [0, 0.05) is 31.5 Å². The number of imidazole rings is 1. The fraction of sp³-hybridized carbons (Fsp3) is 0.368. The van der Waals surface area contributed by atoms with Gasteiger partial charge in [-0.2, -0.15) is 15.0 Å². The van der Waals surface area contributed by atoms with Gasteiger partial charge in [-0.05, 0) is 19.1 Å². The quantitative estimate of drug-likeness (QED) is 0.463. The molecular formula is C19H25N7O4. The summed E-state index contributed by atoms with van der Waals surface area (Å²) in [4.78, 5) is 18.6. The molecule has 0 saturated heterocycles. The highest BCUT2D eigenvalue weighted by Gasteiger charge is 2.15. The second kappa shape index (κ2) is 9.37. The summed E-state index contributed by atoms with van der Waals surface area (Å²) >= 11 is 0. The molecule has 1 unspecified atom stereocenters. The average Bonchev–Trinajstić information content (AvgIpc) is 3.19. The fourth-order valence-electron chi connectivity index (χ4n) is 2.77. The van der Waals surface area contributed by atoms with Gasteiger partial charge in [-0.15, -0.1) is 0 Å². The molecule has 0 radical (unpaired) electrons. The lowest BCUT2D eigenvalue weighted by atomic mass is 10.2. The molecule has 30 heavy (non-hydrogen) atoms. The summed E-state index contributed by atoms with van der Waals surface area (Å²) < 4.78 is 12.6.